The summed E-state index contributed by atoms with van der Waals surface area (Å²) in [5, 5.41) is 3.98. The molecule has 1 spiro atoms. The number of carbonyl (C=O) groups excluding carboxylic acids is 2. The highest BCUT2D eigenvalue weighted by molar-refractivity contribution is 6.12. The molecule has 3 aliphatic rings. The summed E-state index contributed by atoms with van der Waals surface area (Å²) in [6.45, 7) is 2.50. The largest absolute Gasteiger partial charge is 0.404 e. The number of benzene rings is 2. The lowest BCUT2D eigenvalue weighted by atomic mass is 9.72. The number of nitrogens with one attached hydrogen (secondary N) is 1. The van der Waals surface area contributed by atoms with Crippen LogP contribution < -0.4 is 22.8 Å². The lowest BCUT2D eigenvalue weighted by molar-refractivity contribution is -0.133. The summed E-state index contributed by atoms with van der Waals surface area (Å²) in [6, 6.07) is 11.5. The number of rotatable bonds is 12. The molecule has 3 fully saturated rings. The Kier molecular flexibility index (Phi) is 10.5. The van der Waals surface area contributed by atoms with Gasteiger partial charge in [0, 0.05) is 68.3 Å². The molecule has 2 saturated heterocycles. The van der Waals surface area contributed by atoms with Crippen molar-refractivity contribution in [3.8, 4) is 0 Å². The Labute approximate surface area is 271 Å². The van der Waals surface area contributed by atoms with Gasteiger partial charge in [0.25, 0.3) is 5.91 Å². The minimum atomic E-state index is -2.67. The Morgan fingerprint density at radius 1 is 1.11 bits per heavy atom. The molecule has 2 aliphatic heterocycles. The maximum atomic E-state index is 13.9. The monoisotopic (exact) mass is 654 g/mol. The highest BCUT2D eigenvalue weighted by Crippen LogP contribution is 2.45. The van der Waals surface area contributed by atoms with Gasteiger partial charge < -0.3 is 26.0 Å². The fourth-order valence-corrected chi connectivity index (χ4v) is 6.98. The summed E-state index contributed by atoms with van der Waals surface area (Å²) >= 11 is 0. The average Bonchev–Trinajstić information content (AvgIpc) is 3.42. The summed E-state index contributed by atoms with van der Waals surface area (Å²) in [6.07, 6.45) is 3.70. The van der Waals surface area contributed by atoms with E-state index in [4.69, 9.17) is 22.0 Å². The molecule has 1 aliphatic carbocycles. The number of carbonyl (C=O) groups is 2. The van der Waals surface area contributed by atoms with Crippen LogP contribution in [0, 0.1) is 17.2 Å². The molecule has 0 bridgehead atoms. The van der Waals surface area contributed by atoms with Gasteiger partial charge in [0.1, 0.15) is 5.82 Å². The van der Waals surface area contributed by atoms with Crippen molar-refractivity contribution in [2.24, 2.45) is 38.7 Å². The number of ether oxygens (including phenoxy) is 1. The maximum Gasteiger partial charge on any atom is 0.256 e. The second-order valence-corrected chi connectivity index (χ2v) is 12.6. The van der Waals surface area contributed by atoms with Crippen LogP contribution in [0.15, 0.2) is 64.3 Å². The van der Waals surface area contributed by atoms with E-state index < -0.39 is 5.92 Å². The first-order valence-corrected chi connectivity index (χ1v) is 15.6. The number of nitrogens with two attached hydrogens (primary N) is 3. The van der Waals surface area contributed by atoms with Gasteiger partial charge in [-0.3, -0.25) is 14.6 Å². The predicted octanol–water partition coefficient (Wildman–Crippen LogP) is 2.75. The van der Waals surface area contributed by atoms with Crippen LogP contribution in [0.2, 0.25) is 0 Å². The van der Waals surface area contributed by atoms with E-state index in [0.29, 0.717) is 51.2 Å². The number of hydrazine groups is 1. The first-order chi connectivity index (χ1) is 22.6. The first-order valence-electron chi connectivity index (χ1n) is 15.6. The zero-order valence-corrected chi connectivity index (χ0v) is 26.1. The molecule has 1 unspecified atom stereocenters. The van der Waals surface area contributed by atoms with Crippen LogP contribution in [0.4, 0.5) is 13.2 Å². The smallest absolute Gasteiger partial charge is 0.256 e. The maximum absolute atomic E-state index is 13.9. The Morgan fingerprint density at radius 2 is 1.83 bits per heavy atom. The molecule has 2 amide bonds. The van der Waals surface area contributed by atoms with Crippen LogP contribution in [0.3, 0.4) is 0 Å². The van der Waals surface area contributed by atoms with E-state index in [0.717, 1.165) is 23.1 Å². The number of amides is 2. The third-order valence-corrected chi connectivity index (χ3v) is 9.49. The van der Waals surface area contributed by atoms with Crippen molar-refractivity contribution in [2.75, 3.05) is 32.8 Å². The summed E-state index contributed by atoms with van der Waals surface area (Å²) < 4.78 is 47.3. The van der Waals surface area contributed by atoms with Gasteiger partial charge in [-0.2, -0.15) is 0 Å². The molecule has 2 aromatic rings. The van der Waals surface area contributed by atoms with E-state index >= 15 is 0 Å². The molecule has 2 heterocycles. The van der Waals surface area contributed by atoms with Gasteiger partial charge in [0.15, 0.2) is 5.84 Å². The molecule has 0 aromatic heterocycles. The molecule has 0 radical (unpaired) electrons. The van der Waals surface area contributed by atoms with E-state index in [1.54, 1.807) is 21.9 Å². The number of halogens is 3. The fourth-order valence-electron chi connectivity index (χ4n) is 6.98. The van der Waals surface area contributed by atoms with Crippen molar-refractivity contribution >= 4 is 24.4 Å². The van der Waals surface area contributed by atoms with Crippen molar-refractivity contribution in [3.63, 3.8) is 0 Å². The molecule has 1 atom stereocenters. The molecule has 5 rings (SSSR count). The van der Waals surface area contributed by atoms with Crippen molar-refractivity contribution in [2.45, 2.75) is 50.7 Å². The van der Waals surface area contributed by atoms with Gasteiger partial charge in [-0.25, -0.2) is 24.5 Å². The third kappa shape index (κ3) is 7.76. The van der Waals surface area contributed by atoms with E-state index in [9.17, 15) is 22.8 Å². The summed E-state index contributed by atoms with van der Waals surface area (Å²) in [5.41, 5.74) is 17.2. The van der Waals surface area contributed by atoms with Crippen LogP contribution >= 0.6 is 0 Å². The fraction of sp³-hybridized carbons (Fsp3) is 0.455. The number of hydrogen-bond acceptors (Lipinski definition) is 8. The lowest BCUT2D eigenvalue weighted by Crippen LogP contribution is -2.60. The van der Waals surface area contributed by atoms with Crippen LogP contribution in [0.5, 0.6) is 0 Å². The second-order valence-electron chi connectivity index (χ2n) is 12.6. The van der Waals surface area contributed by atoms with E-state index in [2.05, 4.69) is 15.6 Å². The molecule has 7 N–H and O–H groups in total. The SMILES string of the molecule is NC=C(C=NCc1ccc(F)cc1)C(=O)N1CC(COCc2cccc(C3CCC(F)(F)CC3)c2/C(N)=N/NN)C2(CN(C=O)C2)C1. The van der Waals surface area contributed by atoms with Crippen LogP contribution in [-0.4, -0.2) is 72.9 Å². The van der Waals surface area contributed by atoms with Crippen LogP contribution in [0.25, 0.3) is 0 Å². The minimum absolute atomic E-state index is 0.0817. The minimum Gasteiger partial charge on any atom is -0.404 e. The van der Waals surface area contributed by atoms with Crippen molar-refractivity contribution in [1.82, 2.24) is 15.3 Å². The molecule has 11 nitrogen and oxygen atoms in total. The Bertz CT molecular complexity index is 1520. The number of amidine groups is 1. The van der Waals surface area contributed by atoms with E-state index in [1.807, 2.05) is 18.2 Å². The number of aliphatic imine (C=N–C) groups is 1. The van der Waals surface area contributed by atoms with E-state index in [1.165, 1.54) is 24.5 Å². The number of nitrogens with zero attached hydrogens (tertiary/aromatic N) is 4. The standard InChI is InChI=1S/C33H41F3N8O3/c34-27-6-4-22(5-7-27)13-40-14-25(12-37)31(46)44-15-26(32(20-44)18-43(19-32)21-45)17-47-16-24-2-1-3-28(29(24)30(38)41-42-39)23-8-10-33(35,36)11-9-23/h1-7,12,14,21,23,26,42H,8-11,13,15-20,37,39H2,(H2,38,41). The van der Waals surface area contributed by atoms with Crippen molar-refractivity contribution in [3.05, 3.63) is 82.3 Å². The van der Waals surface area contributed by atoms with Crippen molar-refractivity contribution in [1.29, 1.82) is 0 Å². The molecule has 47 heavy (non-hydrogen) atoms. The lowest BCUT2D eigenvalue weighted by Gasteiger charge is -2.49. The normalized spacial score (nSPS) is 21.3. The highest BCUT2D eigenvalue weighted by atomic mass is 19.3. The van der Waals surface area contributed by atoms with Gasteiger partial charge in [0.05, 0.1) is 25.3 Å². The predicted molar refractivity (Wildman–Crippen MR) is 171 cm³/mol. The molecule has 1 saturated carbocycles. The number of likely N-dealkylation sites (tertiary alicyclic amines) is 2. The molecular weight excluding hydrogens is 613 g/mol. The molecule has 14 heteroatoms. The van der Waals surface area contributed by atoms with Crippen LogP contribution in [-0.2, 0) is 27.5 Å². The molecule has 252 valence electrons. The van der Waals surface area contributed by atoms with Gasteiger partial charge in [-0.1, -0.05) is 30.3 Å². The third-order valence-electron chi connectivity index (χ3n) is 9.49. The second kappa shape index (κ2) is 14.6. The number of hydrazone groups is 1. The summed E-state index contributed by atoms with van der Waals surface area (Å²) in [5.74, 6) is 2.08. The number of hydrogen-bond donors (Lipinski definition) is 4. The topological polar surface area (TPSA) is 165 Å². The first kappa shape index (κ1) is 33.9. The summed E-state index contributed by atoms with van der Waals surface area (Å²) in [7, 11) is 0. The van der Waals surface area contributed by atoms with Crippen LogP contribution in [0.1, 0.15) is 53.9 Å². The van der Waals surface area contributed by atoms with Gasteiger partial charge >= 0.3 is 0 Å². The zero-order valence-electron chi connectivity index (χ0n) is 26.1. The van der Waals surface area contributed by atoms with Crippen molar-refractivity contribution < 1.29 is 27.5 Å². The molecular formula is C33H41F3N8O3. The Hall–Kier alpha value is -4.43. The highest BCUT2D eigenvalue weighted by Gasteiger charge is 2.55. The van der Waals surface area contributed by atoms with E-state index in [-0.39, 0.29) is 66.4 Å². The summed E-state index contributed by atoms with van der Waals surface area (Å²) in [4.78, 5) is 32.7. The quantitative estimate of drug-likeness (QED) is 0.0683. The van der Waals surface area contributed by atoms with Gasteiger partial charge in [-0.05, 0) is 47.6 Å². The average molecular weight is 655 g/mol. The number of alkyl halides is 2. The van der Waals surface area contributed by atoms with Gasteiger partial charge in [0.2, 0.25) is 12.3 Å². The zero-order chi connectivity index (χ0) is 33.6. The molecule has 2 aromatic carbocycles. The van der Waals surface area contributed by atoms with Gasteiger partial charge in [-0.15, -0.1) is 5.10 Å². The Balaban J connectivity index is 1.27. The Morgan fingerprint density at radius 3 is 2.49 bits per heavy atom.